The molecule has 0 saturated carbocycles. The number of hydrogen-bond donors (Lipinski definition) is 0. The van der Waals surface area contributed by atoms with Gasteiger partial charge in [-0.2, -0.15) is 0 Å². The molecule has 0 bridgehead atoms. The molecule has 0 radical (unpaired) electrons. The van der Waals surface area contributed by atoms with Crippen LogP contribution in [0.3, 0.4) is 0 Å². The third-order valence-corrected chi connectivity index (χ3v) is 0.759. The van der Waals surface area contributed by atoms with Crippen molar-refractivity contribution < 1.29 is 0 Å². The van der Waals surface area contributed by atoms with E-state index < -0.39 is 15.4 Å². The standard InChI is InChI=1S/N6Se/c1-3-5-7-6-4-2. The van der Waals surface area contributed by atoms with Gasteiger partial charge in [0, 0.05) is 0 Å². The Kier molecular flexibility index (Phi) is 4.51. The van der Waals surface area contributed by atoms with E-state index in [4.69, 9.17) is 11.1 Å². The Balaban J connectivity index is 3.33. The molecule has 0 unspecified atom stereocenters. The molecule has 0 aliphatic rings. The second-order valence-electron chi connectivity index (χ2n) is 0.424. The van der Waals surface area contributed by atoms with Crippen LogP contribution in [0.1, 0.15) is 0 Å². The molecule has 0 fully saturated rings. The number of hydrogen-bond acceptors (Lipinski definition) is 2. The van der Waals surface area contributed by atoms with Crippen LogP contribution in [0, 0.1) is 0 Å². The van der Waals surface area contributed by atoms with Crippen LogP contribution in [0.15, 0.2) is 8.26 Å². The Labute approximate surface area is 45.3 Å². The second kappa shape index (κ2) is 5.14. The van der Waals surface area contributed by atoms with E-state index in [2.05, 4.69) is 18.1 Å². The van der Waals surface area contributed by atoms with Crippen LogP contribution in [0.2, 0.25) is 0 Å². The zero-order chi connectivity index (χ0) is 5.54. The fourth-order valence-electron chi connectivity index (χ4n) is 0.0490. The maximum atomic E-state index is 7.58. The Bertz CT molecular complexity index is 107. The molecule has 0 aromatic carbocycles. The summed E-state index contributed by atoms with van der Waals surface area (Å²) in [5.74, 6) is 0. The van der Waals surface area contributed by atoms with E-state index in [1.807, 2.05) is 0 Å². The first kappa shape index (κ1) is 6.14. The Hall–Kier alpha value is -0.861. The fraction of sp³-hybridized carbons (Fsp3) is 0. The second-order valence-corrected chi connectivity index (χ2v) is 1.45. The quantitative estimate of drug-likeness (QED) is 0.252. The van der Waals surface area contributed by atoms with E-state index in [1.165, 1.54) is 0 Å². The van der Waals surface area contributed by atoms with E-state index in [0.717, 1.165) is 0 Å². The van der Waals surface area contributed by atoms with Gasteiger partial charge in [0.05, 0.1) is 0 Å². The van der Waals surface area contributed by atoms with Crippen molar-refractivity contribution in [3.8, 4) is 0 Å². The van der Waals surface area contributed by atoms with Gasteiger partial charge in [-0.05, 0) is 0 Å². The molecule has 0 aromatic rings. The Morgan fingerprint density at radius 3 is 1.86 bits per heavy atom. The first-order valence-corrected chi connectivity index (χ1v) is 2.70. The predicted octanol–water partition coefficient (Wildman–Crippen LogP) is 1.14. The van der Waals surface area contributed by atoms with Crippen LogP contribution >= 0.6 is 0 Å². The Morgan fingerprint density at radius 1 is 1.14 bits per heavy atom. The van der Waals surface area contributed by atoms with Crippen LogP contribution < -0.4 is 0 Å². The Morgan fingerprint density at radius 2 is 1.57 bits per heavy atom. The first-order valence-electron chi connectivity index (χ1n) is 1.17. The van der Waals surface area contributed by atoms with Crippen molar-refractivity contribution in [1.82, 2.24) is 0 Å². The van der Waals surface area contributed by atoms with E-state index in [-0.39, 0.29) is 0 Å². The summed E-state index contributed by atoms with van der Waals surface area (Å²) in [5.41, 5.74) is 15.2. The molecule has 6 nitrogen and oxygen atoms in total. The average molecular weight is 163 g/mol. The van der Waals surface area contributed by atoms with Gasteiger partial charge in [-0.1, -0.05) is 0 Å². The van der Waals surface area contributed by atoms with Crippen molar-refractivity contribution in [3.05, 3.63) is 20.9 Å². The summed E-state index contributed by atoms with van der Waals surface area (Å²) in [6.07, 6.45) is 0. The van der Waals surface area contributed by atoms with E-state index >= 15 is 0 Å². The average Bonchev–Trinajstić information content (AvgIpc) is 1.69. The van der Waals surface area contributed by atoms with Crippen molar-refractivity contribution in [1.29, 1.82) is 0 Å². The summed E-state index contributed by atoms with van der Waals surface area (Å²) in [4.78, 5) is 4.72. The molecule has 0 amide bonds. The summed E-state index contributed by atoms with van der Waals surface area (Å²) < 4.78 is 5.97. The summed E-state index contributed by atoms with van der Waals surface area (Å²) in [6, 6.07) is 0. The third-order valence-electron chi connectivity index (χ3n) is 0.146. The number of rotatable bonds is 2. The SMILES string of the molecule is [N-]=[N+]=N[Se]N=[N+]=[N-]. The van der Waals surface area contributed by atoms with Crippen molar-refractivity contribution in [3.63, 3.8) is 0 Å². The molecule has 7 heteroatoms. The normalized spacial score (nSPS) is 5.71. The summed E-state index contributed by atoms with van der Waals surface area (Å²) in [7, 11) is 0. The van der Waals surface area contributed by atoms with Crippen LogP contribution in [0.4, 0.5) is 0 Å². The molecular weight excluding hydrogens is 163 g/mol. The molecule has 0 aliphatic heterocycles. The summed E-state index contributed by atoms with van der Waals surface area (Å²) in [6.45, 7) is 0. The van der Waals surface area contributed by atoms with Gasteiger partial charge in [-0.15, -0.1) is 0 Å². The minimum atomic E-state index is -0.608. The molecule has 0 heterocycles. The van der Waals surface area contributed by atoms with Crippen LogP contribution in [-0.2, 0) is 0 Å². The van der Waals surface area contributed by atoms with E-state index in [9.17, 15) is 0 Å². The van der Waals surface area contributed by atoms with Crippen LogP contribution in [0.5, 0.6) is 0 Å². The monoisotopic (exact) mass is 164 g/mol. The molecule has 0 aromatic heterocycles. The van der Waals surface area contributed by atoms with Gasteiger partial charge in [-0.25, -0.2) is 0 Å². The molecule has 0 saturated heterocycles. The number of azide groups is 1. The molecule has 36 valence electrons. The predicted molar refractivity (Wildman–Crippen MR) is 24.0 cm³/mol. The fourth-order valence-corrected chi connectivity index (χ4v) is 0.255. The van der Waals surface area contributed by atoms with Crippen molar-refractivity contribution >= 4 is 15.4 Å². The maximum absolute atomic E-state index is 7.58. The molecule has 0 aliphatic carbocycles. The van der Waals surface area contributed by atoms with Crippen LogP contribution in [0.25, 0.3) is 20.9 Å². The van der Waals surface area contributed by atoms with E-state index in [1.54, 1.807) is 0 Å². The summed E-state index contributed by atoms with van der Waals surface area (Å²) >= 11 is -0.608. The molecule has 7 heavy (non-hydrogen) atoms. The van der Waals surface area contributed by atoms with Gasteiger partial charge in [0.25, 0.3) is 0 Å². The summed E-state index contributed by atoms with van der Waals surface area (Å²) in [5, 5.41) is 0. The molecule has 0 rings (SSSR count). The molecule has 0 atom stereocenters. The first-order chi connectivity index (χ1) is 3.41. The molecular formula is N6Se. The van der Waals surface area contributed by atoms with E-state index in [0.29, 0.717) is 0 Å². The van der Waals surface area contributed by atoms with Gasteiger partial charge >= 0.3 is 44.5 Å². The topological polar surface area (TPSA) is 97.5 Å². The van der Waals surface area contributed by atoms with Gasteiger partial charge in [0.15, 0.2) is 0 Å². The zero-order valence-corrected chi connectivity index (χ0v) is 4.80. The zero-order valence-electron chi connectivity index (χ0n) is 3.09. The minimum absolute atomic E-state index is 0.608. The third kappa shape index (κ3) is 5.14. The van der Waals surface area contributed by atoms with Gasteiger partial charge in [-0.3, -0.25) is 0 Å². The number of nitrogens with zero attached hydrogens (tertiary/aromatic N) is 6. The van der Waals surface area contributed by atoms with Crippen molar-refractivity contribution in [2.24, 2.45) is 8.26 Å². The molecule has 0 N–H and O–H groups in total. The van der Waals surface area contributed by atoms with Crippen molar-refractivity contribution in [2.45, 2.75) is 0 Å². The van der Waals surface area contributed by atoms with Gasteiger partial charge < -0.3 is 0 Å². The van der Waals surface area contributed by atoms with Gasteiger partial charge in [0.2, 0.25) is 0 Å². The molecule has 0 spiro atoms. The van der Waals surface area contributed by atoms with Gasteiger partial charge in [0.1, 0.15) is 0 Å². The van der Waals surface area contributed by atoms with Crippen LogP contribution in [-0.4, -0.2) is 15.4 Å². The van der Waals surface area contributed by atoms with Crippen molar-refractivity contribution in [2.75, 3.05) is 0 Å².